The fourth-order valence-electron chi connectivity index (χ4n) is 5.96. The van der Waals surface area contributed by atoms with E-state index in [-0.39, 0.29) is 12.0 Å². The van der Waals surface area contributed by atoms with Gasteiger partial charge < -0.3 is 19.5 Å². The second kappa shape index (κ2) is 10.4. The van der Waals surface area contributed by atoms with E-state index in [1.165, 1.54) is 19.3 Å². The summed E-state index contributed by atoms with van der Waals surface area (Å²) in [5.41, 5.74) is -0.429. The van der Waals surface area contributed by atoms with Crippen LogP contribution in [0.2, 0.25) is 0 Å². The molecule has 7 nitrogen and oxygen atoms in total. The molecule has 2 aliphatic heterocycles. The van der Waals surface area contributed by atoms with Gasteiger partial charge in [-0.1, -0.05) is 5.16 Å². The van der Waals surface area contributed by atoms with Crippen molar-refractivity contribution in [3.63, 3.8) is 0 Å². The highest BCUT2D eigenvalue weighted by molar-refractivity contribution is 5.76. The number of nitrogens with one attached hydrogen (secondary N) is 1. The Kier molecular flexibility index (Phi) is 7.25. The average molecular weight is 475 g/mol. The number of aromatic nitrogens is 1. The number of rotatable bonds is 7. The highest BCUT2D eigenvalue weighted by Gasteiger charge is 2.33. The van der Waals surface area contributed by atoms with E-state index in [2.05, 4.69) is 20.3 Å². The van der Waals surface area contributed by atoms with Crippen LogP contribution in [-0.2, 0) is 16.0 Å². The average Bonchev–Trinajstić information content (AvgIpc) is 3.48. The number of hydrogen-bond donors (Lipinski definition) is 1. The van der Waals surface area contributed by atoms with Crippen molar-refractivity contribution in [1.29, 1.82) is 0 Å². The van der Waals surface area contributed by atoms with E-state index in [9.17, 15) is 9.18 Å². The maximum atomic E-state index is 14.5. The predicted octanol–water partition coefficient (Wildman–Crippen LogP) is 3.73. The van der Waals surface area contributed by atoms with Crippen molar-refractivity contribution in [2.45, 2.75) is 82.5 Å². The molecule has 1 N–H and O–H groups in total. The molecular formula is C26H39FN4O3. The number of alkyl halides is 1. The highest BCUT2D eigenvalue weighted by atomic mass is 19.1. The summed E-state index contributed by atoms with van der Waals surface area (Å²) in [5, 5.41) is 7.51. The molecule has 0 spiro atoms. The first-order chi connectivity index (χ1) is 16.4. The fourth-order valence-corrected chi connectivity index (χ4v) is 5.96. The first-order valence-electron chi connectivity index (χ1n) is 13.2. The van der Waals surface area contributed by atoms with Crippen LogP contribution >= 0.6 is 0 Å². The number of hydrogen-bond acceptors (Lipinski definition) is 6. The van der Waals surface area contributed by atoms with Crippen LogP contribution in [0, 0.1) is 5.92 Å². The van der Waals surface area contributed by atoms with E-state index < -0.39 is 5.67 Å². The van der Waals surface area contributed by atoms with Crippen LogP contribution < -0.4 is 10.2 Å². The highest BCUT2D eigenvalue weighted by Crippen LogP contribution is 2.35. The number of amides is 1. The zero-order chi connectivity index (χ0) is 23.5. The molecule has 2 aliphatic carbocycles. The summed E-state index contributed by atoms with van der Waals surface area (Å²) in [6, 6.07) is 0.336. The summed E-state index contributed by atoms with van der Waals surface area (Å²) in [6.45, 7) is 7.32. The van der Waals surface area contributed by atoms with Gasteiger partial charge in [0.1, 0.15) is 5.67 Å². The van der Waals surface area contributed by atoms with Crippen LogP contribution in [0.4, 0.5) is 10.2 Å². The molecule has 2 atom stereocenters. The minimum atomic E-state index is -1.33. The summed E-state index contributed by atoms with van der Waals surface area (Å²) in [5.74, 6) is 2.43. The Labute approximate surface area is 202 Å². The Morgan fingerprint density at radius 1 is 1.21 bits per heavy atom. The quantitative estimate of drug-likeness (QED) is 0.649. The van der Waals surface area contributed by atoms with E-state index in [0.29, 0.717) is 24.6 Å². The van der Waals surface area contributed by atoms with Crippen molar-refractivity contribution in [3.8, 4) is 0 Å². The molecule has 188 valence electrons. The largest absolute Gasteiger partial charge is 0.378 e. The molecule has 3 heterocycles. The third-order valence-electron chi connectivity index (χ3n) is 8.08. The van der Waals surface area contributed by atoms with Gasteiger partial charge in [-0.05, 0) is 76.5 Å². The van der Waals surface area contributed by atoms with Gasteiger partial charge in [-0.2, -0.15) is 0 Å². The van der Waals surface area contributed by atoms with E-state index >= 15 is 0 Å². The number of fused-ring (bicyclic) bond motifs is 1. The van der Waals surface area contributed by atoms with Crippen molar-refractivity contribution in [3.05, 3.63) is 17.4 Å². The minimum Gasteiger partial charge on any atom is -0.378 e. The van der Waals surface area contributed by atoms with Gasteiger partial charge in [-0.25, -0.2) is 4.39 Å². The van der Waals surface area contributed by atoms with Gasteiger partial charge in [-0.15, -0.1) is 0 Å². The van der Waals surface area contributed by atoms with E-state index in [1.807, 2.05) is 0 Å². The number of piperazine rings is 1. The second-order valence-corrected chi connectivity index (χ2v) is 10.9. The smallest absolute Gasteiger partial charge is 0.222 e. The first kappa shape index (κ1) is 23.8. The molecule has 34 heavy (non-hydrogen) atoms. The van der Waals surface area contributed by atoms with Gasteiger partial charge in [0.25, 0.3) is 0 Å². The van der Waals surface area contributed by atoms with Gasteiger partial charge in [-0.3, -0.25) is 9.69 Å². The number of ether oxygens (including phenoxy) is 1. The lowest BCUT2D eigenvalue weighted by molar-refractivity contribution is -0.124. The van der Waals surface area contributed by atoms with Crippen LogP contribution in [-0.4, -0.2) is 73.1 Å². The first-order valence-corrected chi connectivity index (χ1v) is 13.2. The fraction of sp³-hybridized carbons (Fsp3) is 0.769. The van der Waals surface area contributed by atoms with Crippen molar-refractivity contribution >= 4 is 17.8 Å². The Hall–Kier alpha value is -1.93. The van der Waals surface area contributed by atoms with E-state index in [0.717, 1.165) is 82.3 Å². The Balaban J connectivity index is 1.00. The van der Waals surface area contributed by atoms with E-state index in [1.54, 1.807) is 19.1 Å². The SMILES string of the molecule is CC1(F)C=Cc2onc(N3CCN(CCC4CCC(NC(=O)CC5CCCO5)CC4)CC3)c2C1. The Bertz CT molecular complexity index is 863. The van der Waals surface area contributed by atoms with Gasteiger partial charge in [0, 0.05) is 50.8 Å². The number of nitrogens with zero attached hydrogens (tertiary/aromatic N) is 3. The lowest BCUT2D eigenvalue weighted by atomic mass is 9.84. The molecule has 1 aromatic heterocycles. The monoisotopic (exact) mass is 474 g/mol. The minimum absolute atomic E-state index is 0.132. The number of anilines is 1. The van der Waals surface area contributed by atoms with Crippen molar-refractivity contribution in [2.24, 2.45) is 5.92 Å². The molecule has 0 bridgehead atoms. The molecule has 1 saturated carbocycles. The Morgan fingerprint density at radius 3 is 2.74 bits per heavy atom. The zero-order valence-electron chi connectivity index (χ0n) is 20.4. The Morgan fingerprint density at radius 2 is 2.00 bits per heavy atom. The third-order valence-corrected chi connectivity index (χ3v) is 8.08. The molecule has 3 fully saturated rings. The van der Waals surface area contributed by atoms with Crippen LogP contribution in [0.1, 0.15) is 69.6 Å². The maximum absolute atomic E-state index is 14.5. The van der Waals surface area contributed by atoms with Crippen LogP contribution in [0.25, 0.3) is 6.08 Å². The molecule has 1 aromatic rings. The summed E-state index contributed by atoms with van der Waals surface area (Å²) in [4.78, 5) is 17.1. The topological polar surface area (TPSA) is 70.8 Å². The molecule has 2 unspecified atom stereocenters. The lowest BCUT2D eigenvalue weighted by Gasteiger charge is -2.36. The third kappa shape index (κ3) is 5.82. The van der Waals surface area contributed by atoms with E-state index in [4.69, 9.17) is 9.26 Å². The zero-order valence-corrected chi connectivity index (χ0v) is 20.4. The molecule has 4 aliphatic rings. The van der Waals surface area contributed by atoms with Crippen LogP contribution in [0.5, 0.6) is 0 Å². The van der Waals surface area contributed by atoms with Crippen LogP contribution in [0.15, 0.2) is 10.6 Å². The predicted molar refractivity (Wildman–Crippen MR) is 130 cm³/mol. The molecule has 0 radical (unpaired) electrons. The van der Waals surface area contributed by atoms with Crippen molar-refractivity contribution in [2.75, 3.05) is 44.2 Å². The number of halogens is 1. The van der Waals surface area contributed by atoms with Crippen molar-refractivity contribution < 1.29 is 18.4 Å². The van der Waals surface area contributed by atoms with Gasteiger partial charge in [0.2, 0.25) is 5.91 Å². The molecular weight excluding hydrogens is 435 g/mol. The molecule has 5 rings (SSSR count). The van der Waals surface area contributed by atoms with Gasteiger partial charge >= 0.3 is 0 Å². The standard InChI is InChI=1S/C26H39FN4O3/c1-26(27)10-8-23-22(18-26)25(29-34-23)31-14-12-30(13-15-31)11-9-19-4-6-20(7-5-19)28-24(32)17-21-3-2-16-33-21/h8,10,19-21H,2-7,9,11-18H2,1H3,(H,28,32). The number of allylic oxidation sites excluding steroid dienone is 1. The molecule has 0 aromatic carbocycles. The molecule has 1 amide bonds. The van der Waals surface area contributed by atoms with Crippen molar-refractivity contribution in [1.82, 2.24) is 15.4 Å². The van der Waals surface area contributed by atoms with Crippen LogP contribution in [0.3, 0.4) is 0 Å². The summed E-state index contributed by atoms with van der Waals surface area (Å²) < 4.78 is 25.5. The molecule has 8 heteroatoms. The summed E-state index contributed by atoms with van der Waals surface area (Å²) >= 11 is 0. The number of carbonyl (C=O) groups is 1. The van der Waals surface area contributed by atoms with Gasteiger partial charge in [0.05, 0.1) is 12.5 Å². The number of carbonyl (C=O) groups excluding carboxylic acids is 1. The molecule has 2 saturated heterocycles. The summed E-state index contributed by atoms with van der Waals surface area (Å²) in [6.07, 6.45) is 12.2. The maximum Gasteiger partial charge on any atom is 0.222 e. The van der Waals surface area contributed by atoms with Gasteiger partial charge in [0.15, 0.2) is 11.6 Å². The summed E-state index contributed by atoms with van der Waals surface area (Å²) in [7, 11) is 0. The lowest BCUT2D eigenvalue weighted by Crippen LogP contribution is -2.47. The normalized spacial score (nSPS) is 32.1. The second-order valence-electron chi connectivity index (χ2n) is 10.9.